The van der Waals surface area contributed by atoms with Crippen molar-refractivity contribution in [2.75, 3.05) is 12.9 Å². The van der Waals surface area contributed by atoms with Crippen LogP contribution in [0.15, 0.2) is 48.5 Å². The van der Waals surface area contributed by atoms with Crippen LogP contribution in [0.1, 0.15) is 21.5 Å². The van der Waals surface area contributed by atoms with Gasteiger partial charge >= 0.3 is 6.18 Å². The number of Topliss-reactive ketones (excluding diaryl/α,β-unsaturated/α-hetero) is 1. The van der Waals surface area contributed by atoms with Gasteiger partial charge in [-0.05, 0) is 42.5 Å². The zero-order valence-electron chi connectivity index (χ0n) is 15.4. The van der Waals surface area contributed by atoms with Gasteiger partial charge in [0.2, 0.25) is 12.3 Å². The molecule has 0 aromatic heterocycles. The second-order valence-corrected chi connectivity index (χ2v) is 7.03. The van der Waals surface area contributed by atoms with E-state index < -0.39 is 29.4 Å². The fourth-order valence-corrected chi connectivity index (χ4v) is 3.11. The lowest BCUT2D eigenvalue weighted by molar-refractivity contribution is -0.137. The molecule has 154 valence electrons. The van der Waals surface area contributed by atoms with Gasteiger partial charge in [0, 0.05) is 5.56 Å². The molecule has 0 aliphatic rings. The predicted octanol–water partition coefficient (Wildman–Crippen LogP) is 3.51. The standard InChI is InChI=1S/C20H18F3NO4S/c1-29-18(19(27)24-12-25)9-13-5-7-16(8-6-13)28-11-17(26)14-3-2-4-15(10-14)20(21,22)23/h2-8,10,12,18H,9,11H2,1H3,(H,24,25,27). The Morgan fingerprint density at radius 2 is 1.86 bits per heavy atom. The molecule has 0 radical (unpaired) electrons. The van der Waals surface area contributed by atoms with Crippen LogP contribution in [-0.4, -0.2) is 36.2 Å². The van der Waals surface area contributed by atoms with Crippen molar-refractivity contribution < 1.29 is 32.3 Å². The molecule has 0 aliphatic heterocycles. The summed E-state index contributed by atoms with van der Waals surface area (Å²) in [5.74, 6) is -0.597. The van der Waals surface area contributed by atoms with Crippen LogP contribution < -0.4 is 10.1 Å². The van der Waals surface area contributed by atoms with Gasteiger partial charge in [-0.2, -0.15) is 24.9 Å². The van der Waals surface area contributed by atoms with E-state index in [2.05, 4.69) is 5.32 Å². The van der Waals surface area contributed by atoms with Crippen molar-refractivity contribution >= 4 is 29.9 Å². The summed E-state index contributed by atoms with van der Waals surface area (Å²) in [5.41, 5.74) is -0.155. The van der Waals surface area contributed by atoms with Crippen LogP contribution in [0.25, 0.3) is 0 Å². The van der Waals surface area contributed by atoms with Crippen LogP contribution in [0.4, 0.5) is 13.2 Å². The number of alkyl halides is 3. The molecule has 9 heteroatoms. The van der Waals surface area contributed by atoms with E-state index in [0.717, 1.165) is 17.7 Å². The lowest BCUT2D eigenvalue weighted by Crippen LogP contribution is -2.32. The van der Waals surface area contributed by atoms with Crippen LogP contribution in [0, 0.1) is 0 Å². The molecular formula is C20H18F3NO4S. The molecular weight excluding hydrogens is 407 g/mol. The second-order valence-electron chi connectivity index (χ2n) is 5.99. The number of carbonyl (C=O) groups is 3. The van der Waals surface area contributed by atoms with Crippen LogP contribution in [0.2, 0.25) is 0 Å². The van der Waals surface area contributed by atoms with Crippen molar-refractivity contribution in [3.05, 3.63) is 65.2 Å². The summed E-state index contributed by atoms with van der Waals surface area (Å²) in [7, 11) is 0. The number of amides is 2. The van der Waals surface area contributed by atoms with Crippen molar-refractivity contribution in [2.24, 2.45) is 0 Å². The van der Waals surface area contributed by atoms with Crippen LogP contribution >= 0.6 is 11.8 Å². The molecule has 1 atom stereocenters. The number of ketones is 1. The highest BCUT2D eigenvalue weighted by atomic mass is 32.2. The first-order chi connectivity index (χ1) is 13.7. The van der Waals surface area contributed by atoms with Gasteiger partial charge in [0.25, 0.3) is 0 Å². The first-order valence-corrected chi connectivity index (χ1v) is 9.72. The van der Waals surface area contributed by atoms with E-state index >= 15 is 0 Å². The molecule has 1 N–H and O–H groups in total. The topological polar surface area (TPSA) is 72.5 Å². The van der Waals surface area contributed by atoms with Crippen LogP contribution in [0.3, 0.4) is 0 Å². The van der Waals surface area contributed by atoms with E-state index in [9.17, 15) is 27.6 Å². The minimum absolute atomic E-state index is 0.0829. The number of carbonyl (C=O) groups excluding carboxylic acids is 3. The smallest absolute Gasteiger partial charge is 0.416 e. The normalized spacial score (nSPS) is 12.1. The van der Waals surface area contributed by atoms with E-state index in [1.54, 1.807) is 30.5 Å². The summed E-state index contributed by atoms with van der Waals surface area (Å²) in [6, 6.07) is 10.8. The fraction of sp³-hybridized carbons (Fsp3) is 0.250. The lowest BCUT2D eigenvalue weighted by Gasteiger charge is -2.13. The van der Waals surface area contributed by atoms with Crippen LogP contribution in [-0.2, 0) is 22.2 Å². The molecule has 0 saturated heterocycles. The lowest BCUT2D eigenvalue weighted by atomic mass is 10.1. The van der Waals surface area contributed by atoms with Gasteiger partial charge in [0.15, 0.2) is 12.4 Å². The minimum Gasteiger partial charge on any atom is -0.485 e. The van der Waals surface area contributed by atoms with Crippen molar-refractivity contribution in [3.8, 4) is 5.75 Å². The molecule has 2 amide bonds. The number of halogens is 3. The molecule has 2 rings (SSSR count). The Balaban J connectivity index is 1.95. The minimum atomic E-state index is -4.52. The molecule has 0 fully saturated rings. The summed E-state index contributed by atoms with van der Waals surface area (Å²) < 4.78 is 43.6. The van der Waals surface area contributed by atoms with E-state index in [0.29, 0.717) is 18.6 Å². The van der Waals surface area contributed by atoms with Gasteiger partial charge < -0.3 is 4.74 Å². The third kappa shape index (κ3) is 6.63. The largest absolute Gasteiger partial charge is 0.485 e. The number of benzene rings is 2. The van der Waals surface area contributed by atoms with E-state index in [-0.39, 0.29) is 11.5 Å². The Morgan fingerprint density at radius 1 is 1.17 bits per heavy atom. The number of hydrogen-bond acceptors (Lipinski definition) is 5. The van der Waals surface area contributed by atoms with Crippen molar-refractivity contribution in [1.29, 1.82) is 0 Å². The Hall–Kier alpha value is -2.81. The highest BCUT2D eigenvalue weighted by molar-refractivity contribution is 7.99. The van der Waals surface area contributed by atoms with Crippen molar-refractivity contribution in [2.45, 2.75) is 17.8 Å². The molecule has 29 heavy (non-hydrogen) atoms. The summed E-state index contributed by atoms with van der Waals surface area (Å²) >= 11 is 1.30. The van der Waals surface area contributed by atoms with E-state index in [1.165, 1.54) is 23.9 Å². The quantitative estimate of drug-likeness (QED) is 0.492. The summed E-state index contributed by atoms with van der Waals surface area (Å²) in [6.45, 7) is -0.407. The second kappa shape index (κ2) is 10.1. The fourth-order valence-electron chi connectivity index (χ4n) is 2.47. The summed E-state index contributed by atoms with van der Waals surface area (Å²) in [5, 5.41) is 1.68. The van der Waals surface area contributed by atoms with Crippen LogP contribution in [0.5, 0.6) is 5.75 Å². The monoisotopic (exact) mass is 425 g/mol. The highest BCUT2D eigenvalue weighted by Crippen LogP contribution is 2.29. The number of ether oxygens (including phenoxy) is 1. The van der Waals surface area contributed by atoms with E-state index in [1.807, 2.05) is 0 Å². The maximum Gasteiger partial charge on any atom is 0.416 e. The molecule has 2 aromatic carbocycles. The SMILES string of the molecule is CSC(Cc1ccc(OCC(=O)c2cccc(C(F)(F)F)c2)cc1)C(=O)NC=O. The zero-order chi connectivity index (χ0) is 21.4. The molecule has 0 spiro atoms. The Labute approximate surface area is 169 Å². The average Bonchev–Trinajstić information content (AvgIpc) is 2.70. The maximum atomic E-state index is 12.7. The number of rotatable bonds is 9. The average molecular weight is 425 g/mol. The van der Waals surface area contributed by atoms with Gasteiger partial charge in [-0.15, -0.1) is 0 Å². The number of thioether (sulfide) groups is 1. The molecule has 0 bridgehead atoms. The number of imide groups is 1. The molecule has 0 aliphatic carbocycles. The van der Waals surface area contributed by atoms with Crippen molar-refractivity contribution in [3.63, 3.8) is 0 Å². The first kappa shape index (κ1) is 22.5. The number of hydrogen-bond donors (Lipinski definition) is 1. The third-order valence-electron chi connectivity index (χ3n) is 4.00. The molecule has 5 nitrogen and oxygen atoms in total. The molecule has 0 heterocycles. The molecule has 2 aromatic rings. The van der Waals surface area contributed by atoms with Gasteiger partial charge in [-0.3, -0.25) is 19.7 Å². The zero-order valence-corrected chi connectivity index (χ0v) is 16.2. The van der Waals surface area contributed by atoms with Gasteiger partial charge in [-0.25, -0.2) is 0 Å². The summed E-state index contributed by atoms with van der Waals surface area (Å²) in [4.78, 5) is 34.3. The Morgan fingerprint density at radius 3 is 2.45 bits per heavy atom. The van der Waals surface area contributed by atoms with E-state index in [4.69, 9.17) is 4.74 Å². The summed E-state index contributed by atoms with van der Waals surface area (Å²) in [6.07, 6.45) is -2.04. The Kier molecular flexibility index (Phi) is 7.83. The molecule has 0 saturated carbocycles. The van der Waals surface area contributed by atoms with Crippen molar-refractivity contribution in [1.82, 2.24) is 5.32 Å². The third-order valence-corrected chi connectivity index (χ3v) is 4.95. The maximum absolute atomic E-state index is 12.7. The highest BCUT2D eigenvalue weighted by Gasteiger charge is 2.30. The van der Waals surface area contributed by atoms with Gasteiger partial charge in [0.1, 0.15) is 5.75 Å². The predicted molar refractivity (Wildman–Crippen MR) is 103 cm³/mol. The molecule has 1 unspecified atom stereocenters. The van der Waals surface area contributed by atoms with Gasteiger partial charge in [-0.1, -0.05) is 24.3 Å². The Bertz CT molecular complexity index is 869. The van der Waals surface area contributed by atoms with Gasteiger partial charge in [0.05, 0.1) is 10.8 Å². The first-order valence-electron chi connectivity index (χ1n) is 8.43. The number of nitrogens with one attached hydrogen (secondary N) is 1.